The van der Waals surface area contributed by atoms with E-state index in [1.165, 1.54) is 4.68 Å². The van der Waals surface area contributed by atoms with Crippen LogP contribution in [0.1, 0.15) is 30.3 Å². The number of nitrogens with one attached hydrogen (secondary N) is 1. The van der Waals surface area contributed by atoms with E-state index in [2.05, 4.69) is 32.2 Å². The lowest BCUT2D eigenvalue weighted by Gasteiger charge is -2.11. The zero-order valence-corrected chi connectivity index (χ0v) is 18.2. The van der Waals surface area contributed by atoms with Crippen molar-refractivity contribution in [3.8, 4) is 11.8 Å². The molecule has 0 saturated heterocycles. The Balaban J connectivity index is 1.96. The van der Waals surface area contributed by atoms with Crippen LogP contribution in [-0.4, -0.2) is 41.0 Å². The summed E-state index contributed by atoms with van der Waals surface area (Å²) in [4.78, 5) is 23.8. The van der Waals surface area contributed by atoms with E-state index in [0.29, 0.717) is 17.3 Å². The van der Waals surface area contributed by atoms with Gasteiger partial charge in [0.2, 0.25) is 5.88 Å². The van der Waals surface area contributed by atoms with Crippen LogP contribution in [0.5, 0.6) is 5.88 Å². The van der Waals surface area contributed by atoms with Gasteiger partial charge in [0.1, 0.15) is 0 Å². The van der Waals surface area contributed by atoms with Gasteiger partial charge < -0.3 is 9.64 Å². The molecule has 2 aromatic heterocycles. The van der Waals surface area contributed by atoms with Crippen LogP contribution >= 0.6 is 0 Å². The maximum Gasteiger partial charge on any atom is 0.301 e. The van der Waals surface area contributed by atoms with Crippen LogP contribution in [0.2, 0.25) is 0 Å². The number of aryl methyl sites for hydroxylation is 2. The molecular weight excluding hydrogens is 382 g/mol. The summed E-state index contributed by atoms with van der Waals surface area (Å²) >= 11 is 0. The molecule has 0 unspecified atom stereocenters. The van der Waals surface area contributed by atoms with Crippen LogP contribution in [0.3, 0.4) is 0 Å². The van der Waals surface area contributed by atoms with E-state index in [-0.39, 0.29) is 17.2 Å². The van der Waals surface area contributed by atoms with Crippen molar-refractivity contribution in [1.82, 2.24) is 19.7 Å². The van der Waals surface area contributed by atoms with Gasteiger partial charge >= 0.3 is 5.56 Å². The fourth-order valence-electron chi connectivity index (χ4n) is 3.08. The summed E-state index contributed by atoms with van der Waals surface area (Å²) in [5.74, 6) is 0.691. The highest BCUT2D eigenvalue weighted by molar-refractivity contribution is 5.52. The SMILES string of the molecule is CCCc1c(C)nc(-n2[nH]c(C)c(N=Nc3ccc(N(C)C)cc3)c2=O)nc1OC. The fourth-order valence-corrected chi connectivity index (χ4v) is 3.08. The largest absolute Gasteiger partial charge is 0.481 e. The number of rotatable bonds is 7. The molecule has 0 radical (unpaired) electrons. The van der Waals surface area contributed by atoms with Gasteiger partial charge in [0.25, 0.3) is 5.95 Å². The number of hydrogen-bond donors (Lipinski definition) is 1. The smallest absolute Gasteiger partial charge is 0.301 e. The Hall–Kier alpha value is -3.49. The Bertz CT molecular complexity index is 1110. The van der Waals surface area contributed by atoms with Crippen molar-refractivity contribution in [2.45, 2.75) is 33.6 Å². The third-order valence-corrected chi connectivity index (χ3v) is 4.73. The van der Waals surface area contributed by atoms with E-state index < -0.39 is 0 Å². The first-order valence-corrected chi connectivity index (χ1v) is 9.78. The molecule has 0 bridgehead atoms. The van der Waals surface area contributed by atoms with Gasteiger partial charge in [-0.05, 0) is 44.5 Å². The normalized spacial score (nSPS) is 11.3. The molecule has 0 atom stereocenters. The number of benzene rings is 1. The van der Waals surface area contributed by atoms with Gasteiger partial charge in [-0.2, -0.15) is 14.8 Å². The van der Waals surface area contributed by atoms with Gasteiger partial charge in [-0.1, -0.05) is 13.3 Å². The number of hydrogen-bond acceptors (Lipinski definition) is 7. The van der Waals surface area contributed by atoms with Gasteiger partial charge in [-0.25, -0.2) is 4.98 Å². The molecule has 0 fully saturated rings. The summed E-state index contributed by atoms with van der Waals surface area (Å²) in [5, 5.41) is 11.4. The summed E-state index contributed by atoms with van der Waals surface area (Å²) in [6.45, 7) is 5.73. The van der Waals surface area contributed by atoms with Crippen molar-refractivity contribution in [3.05, 3.63) is 51.6 Å². The molecule has 158 valence electrons. The van der Waals surface area contributed by atoms with Gasteiger partial charge in [0.05, 0.1) is 18.5 Å². The summed E-state index contributed by atoms with van der Waals surface area (Å²) in [5.41, 5.74) is 3.86. The van der Waals surface area contributed by atoms with E-state index in [9.17, 15) is 4.79 Å². The molecule has 0 aliphatic heterocycles. The Morgan fingerprint density at radius 3 is 2.43 bits per heavy atom. The van der Waals surface area contributed by atoms with Crippen molar-refractivity contribution in [3.63, 3.8) is 0 Å². The van der Waals surface area contributed by atoms with E-state index in [4.69, 9.17) is 4.74 Å². The van der Waals surface area contributed by atoms with E-state index in [1.807, 2.05) is 50.2 Å². The van der Waals surface area contributed by atoms with Crippen LogP contribution in [0.25, 0.3) is 5.95 Å². The standard InChI is InChI=1S/C21H27N7O2/c1-7-8-17-13(2)22-21(23-19(17)30-6)28-20(29)18(14(3)26-28)25-24-15-9-11-16(12-10-15)27(4)5/h9-12,26H,7-8H2,1-6H3. The summed E-state index contributed by atoms with van der Waals surface area (Å²) in [6.07, 6.45) is 1.75. The Kier molecular flexibility index (Phi) is 6.29. The molecule has 1 N–H and O–H groups in total. The first-order valence-electron chi connectivity index (χ1n) is 9.78. The third kappa shape index (κ3) is 4.24. The molecule has 3 aromatic rings. The van der Waals surface area contributed by atoms with Gasteiger partial charge in [-0.3, -0.25) is 9.89 Å². The predicted octanol–water partition coefficient (Wildman–Crippen LogP) is 4.01. The summed E-state index contributed by atoms with van der Waals surface area (Å²) in [7, 11) is 5.50. The van der Waals surface area contributed by atoms with Crippen LogP contribution in [0.15, 0.2) is 39.3 Å². The third-order valence-electron chi connectivity index (χ3n) is 4.73. The van der Waals surface area contributed by atoms with Gasteiger partial charge in [0.15, 0.2) is 5.69 Å². The minimum atomic E-state index is -0.370. The lowest BCUT2D eigenvalue weighted by atomic mass is 10.1. The van der Waals surface area contributed by atoms with Crippen molar-refractivity contribution < 1.29 is 4.74 Å². The van der Waals surface area contributed by atoms with E-state index >= 15 is 0 Å². The van der Waals surface area contributed by atoms with E-state index in [1.54, 1.807) is 14.0 Å². The number of aromatic amines is 1. The highest BCUT2D eigenvalue weighted by Gasteiger charge is 2.18. The molecule has 0 amide bonds. The van der Waals surface area contributed by atoms with Crippen LogP contribution in [-0.2, 0) is 6.42 Å². The number of aromatic nitrogens is 4. The highest BCUT2D eigenvalue weighted by atomic mass is 16.5. The first-order chi connectivity index (χ1) is 14.3. The minimum absolute atomic E-state index is 0.213. The number of anilines is 1. The van der Waals surface area contributed by atoms with E-state index in [0.717, 1.165) is 29.8 Å². The maximum absolute atomic E-state index is 12.9. The summed E-state index contributed by atoms with van der Waals surface area (Å²) < 4.78 is 6.69. The molecule has 0 aliphatic rings. The summed E-state index contributed by atoms with van der Waals surface area (Å²) in [6, 6.07) is 7.58. The molecular formula is C21H27N7O2. The van der Waals surface area contributed by atoms with Crippen LogP contribution in [0, 0.1) is 13.8 Å². The van der Waals surface area contributed by atoms with Crippen molar-refractivity contribution in [2.24, 2.45) is 10.2 Å². The maximum atomic E-state index is 12.9. The monoisotopic (exact) mass is 409 g/mol. The lowest BCUT2D eigenvalue weighted by Crippen LogP contribution is -2.18. The predicted molar refractivity (Wildman–Crippen MR) is 117 cm³/mol. The fraction of sp³-hybridized carbons (Fsp3) is 0.381. The van der Waals surface area contributed by atoms with Gasteiger partial charge in [-0.15, -0.1) is 5.11 Å². The Morgan fingerprint density at radius 2 is 1.83 bits per heavy atom. The molecule has 9 heteroatoms. The highest BCUT2D eigenvalue weighted by Crippen LogP contribution is 2.23. The molecule has 9 nitrogen and oxygen atoms in total. The first kappa shape index (κ1) is 21.2. The van der Waals surface area contributed by atoms with Gasteiger partial charge in [0, 0.05) is 31.0 Å². The van der Waals surface area contributed by atoms with Crippen molar-refractivity contribution in [1.29, 1.82) is 0 Å². The second-order valence-corrected chi connectivity index (χ2v) is 7.18. The molecule has 30 heavy (non-hydrogen) atoms. The molecule has 3 rings (SSSR count). The average Bonchev–Trinajstić information content (AvgIpc) is 3.01. The molecule has 0 aliphatic carbocycles. The number of nitrogens with zero attached hydrogens (tertiary/aromatic N) is 6. The van der Waals surface area contributed by atoms with Crippen molar-refractivity contribution >= 4 is 17.1 Å². The molecule has 0 saturated carbocycles. The quantitative estimate of drug-likeness (QED) is 0.594. The number of H-pyrrole nitrogens is 1. The molecule has 0 spiro atoms. The Morgan fingerprint density at radius 1 is 1.13 bits per heavy atom. The Labute approximate surface area is 175 Å². The average molecular weight is 409 g/mol. The van der Waals surface area contributed by atoms with Crippen LogP contribution in [0.4, 0.5) is 17.1 Å². The minimum Gasteiger partial charge on any atom is -0.481 e. The molecule has 2 heterocycles. The number of azo groups is 1. The molecule has 1 aromatic carbocycles. The zero-order valence-electron chi connectivity index (χ0n) is 18.2. The van der Waals surface area contributed by atoms with Crippen LogP contribution < -0.4 is 15.2 Å². The second kappa shape index (κ2) is 8.89. The lowest BCUT2D eigenvalue weighted by molar-refractivity contribution is 0.388. The zero-order chi connectivity index (χ0) is 21.8. The second-order valence-electron chi connectivity index (χ2n) is 7.18. The number of ether oxygens (including phenoxy) is 1. The van der Waals surface area contributed by atoms with Crippen molar-refractivity contribution in [2.75, 3.05) is 26.1 Å². The topological polar surface area (TPSA) is 101 Å². The number of methoxy groups -OCH3 is 1.